The van der Waals surface area contributed by atoms with Crippen LogP contribution in [0.15, 0.2) is 36.4 Å². The van der Waals surface area contributed by atoms with Gasteiger partial charge in [-0.05, 0) is 75.0 Å². The highest BCUT2D eigenvalue weighted by atomic mass is 16.5. The SMILES string of the molecule is CCN(CCCCNc1c2ccc(O)cc2nc2ccc(OC)cc12)CC1CC1. The first-order valence-electron chi connectivity index (χ1n) is 10.7. The van der Waals surface area contributed by atoms with Crippen molar-refractivity contribution in [2.75, 3.05) is 38.6 Å². The van der Waals surface area contributed by atoms with Crippen LogP contribution in [0.25, 0.3) is 21.8 Å². The van der Waals surface area contributed by atoms with Gasteiger partial charge in [0, 0.05) is 29.9 Å². The topological polar surface area (TPSA) is 57.6 Å². The molecule has 0 bridgehead atoms. The second-order valence-corrected chi connectivity index (χ2v) is 8.04. The van der Waals surface area contributed by atoms with E-state index in [2.05, 4.69) is 17.1 Å². The number of aromatic nitrogens is 1. The molecule has 1 saturated carbocycles. The molecule has 2 N–H and O–H groups in total. The summed E-state index contributed by atoms with van der Waals surface area (Å²) in [6.45, 7) is 6.76. The Kier molecular flexibility index (Phi) is 6.05. The van der Waals surface area contributed by atoms with Crippen LogP contribution in [-0.2, 0) is 0 Å². The van der Waals surface area contributed by atoms with E-state index in [1.165, 1.54) is 32.4 Å². The van der Waals surface area contributed by atoms with E-state index >= 15 is 0 Å². The molecule has 154 valence electrons. The smallest absolute Gasteiger partial charge is 0.119 e. The van der Waals surface area contributed by atoms with E-state index in [-0.39, 0.29) is 5.75 Å². The molecule has 0 radical (unpaired) electrons. The van der Waals surface area contributed by atoms with Gasteiger partial charge >= 0.3 is 0 Å². The van der Waals surface area contributed by atoms with Gasteiger partial charge in [-0.15, -0.1) is 0 Å². The van der Waals surface area contributed by atoms with Gasteiger partial charge in [-0.25, -0.2) is 4.98 Å². The van der Waals surface area contributed by atoms with E-state index < -0.39 is 0 Å². The fourth-order valence-electron chi connectivity index (χ4n) is 3.95. The Bertz CT molecular complexity index is 985. The largest absolute Gasteiger partial charge is 0.508 e. The number of hydrogen-bond acceptors (Lipinski definition) is 5. The maximum Gasteiger partial charge on any atom is 0.119 e. The lowest BCUT2D eigenvalue weighted by atomic mass is 10.1. The van der Waals surface area contributed by atoms with E-state index in [1.54, 1.807) is 19.2 Å². The number of ether oxygens (including phenoxy) is 1. The minimum atomic E-state index is 0.235. The van der Waals surface area contributed by atoms with Crippen molar-refractivity contribution >= 4 is 27.5 Å². The van der Waals surface area contributed by atoms with Crippen LogP contribution in [0.1, 0.15) is 32.6 Å². The van der Waals surface area contributed by atoms with Gasteiger partial charge in [-0.3, -0.25) is 0 Å². The molecule has 2 aromatic carbocycles. The van der Waals surface area contributed by atoms with Gasteiger partial charge in [0.05, 0.1) is 23.8 Å². The van der Waals surface area contributed by atoms with Crippen molar-refractivity contribution in [1.29, 1.82) is 0 Å². The van der Waals surface area contributed by atoms with Gasteiger partial charge in [-0.1, -0.05) is 6.92 Å². The molecule has 0 amide bonds. The zero-order valence-corrected chi connectivity index (χ0v) is 17.4. The number of unbranched alkanes of at least 4 members (excludes halogenated alkanes) is 1. The Labute approximate surface area is 172 Å². The summed E-state index contributed by atoms with van der Waals surface area (Å²) in [5.41, 5.74) is 2.76. The summed E-state index contributed by atoms with van der Waals surface area (Å²) in [5.74, 6) is 2.01. The van der Waals surface area contributed by atoms with Crippen LogP contribution in [0.2, 0.25) is 0 Å². The highest BCUT2D eigenvalue weighted by Crippen LogP contribution is 2.34. The Morgan fingerprint density at radius 3 is 2.72 bits per heavy atom. The maximum atomic E-state index is 9.88. The number of nitrogens with zero attached hydrogens (tertiary/aromatic N) is 2. The van der Waals surface area contributed by atoms with Crippen molar-refractivity contribution in [2.24, 2.45) is 5.92 Å². The summed E-state index contributed by atoms with van der Waals surface area (Å²) < 4.78 is 5.43. The fourth-order valence-corrected chi connectivity index (χ4v) is 3.95. The molecule has 1 aliphatic rings. The van der Waals surface area contributed by atoms with Crippen molar-refractivity contribution in [3.05, 3.63) is 36.4 Å². The molecule has 0 aliphatic heterocycles. The molecule has 5 heteroatoms. The number of rotatable bonds is 10. The lowest BCUT2D eigenvalue weighted by Crippen LogP contribution is -2.27. The molecule has 0 saturated heterocycles. The summed E-state index contributed by atoms with van der Waals surface area (Å²) in [6.07, 6.45) is 5.14. The first-order valence-corrected chi connectivity index (χ1v) is 10.7. The molecular weight excluding hydrogens is 362 g/mol. The molecule has 29 heavy (non-hydrogen) atoms. The van der Waals surface area contributed by atoms with E-state index in [1.807, 2.05) is 24.3 Å². The van der Waals surface area contributed by atoms with Crippen LogP contribution in [0, 0.1) is 5.92 Å². The van der Waals surface area contributed by atoms with Gasteiger partial charge in [0.25, 0.3) is 0 Å². The number of aromatic hydroxyl groups is 1. The summed E-state index contributed by atoms with van der Waals surface area (Å²) >= 11 is 0. The molecule has 4 rings (SSSR count). The Morgan fingerprint density at radius 2 is 1.97 bits per heavy atom. The highest BCUT2D eigenvalue weighted by molar-refractivity contribution is 6.08. The highest BCUT2D eigenvalue weighted by Gasteiger charge is 2.23. The zero-order chi connectivity index (χ0) is 20.2. The van der Waals surface area contributed by atoms with E-state index in [0.717, 1.165) is 58.7 Å². The van der Waals surface area contributed by atoms with Gasteiger partial charge in [0.1, 0.15) is 11.5 Å². The number of pyridine rings is 1. The number of methoxy groups -OCH3 is 1. The summed E-state index contributed by atoms with van der Waals surface area (Å²) in [5, 5.41) is 15.6. The van der Waals surface area contributed by atoms with E-state index in [0.29, 0.717) is 0 Å². The second kappa shape index (κ2) is 8.87. The number of nitrogens with one attached hydrogen (secondary N) is 1. The predicted octanol–water partition coefficient (Wildman–Crippen LogP) is 5.03. The van der Waals surface area contributed by atoms with Crippen LogP contribution >= 0.6 is 0 Å². The van der Waals surface area contributed by atoms with E-state index in [4.69, 9.17) is 9.72 Å². The fraction of sp³-hybridized carbons (Fsp3) is 0.458. The minimum absolute atomic E-state index is 0.235. The first kappa shape index (κ1) is 19.8. The van der Waals surface area contributed by atoms with Gasteiger partial charge in [0.2, 0.25) is 0 Å². The van der Waals surface area contributed by atoms with Crippen LogP contribution < -0.4 is 10.1 Å². The number of anilines is 1. The number of benzene rings is 2. The summed E-state index contributed by atoms with van der Waals surface area (Å²) in [6, 6.07) is 11.3. The zero-order valence-electron chi connectivity index (χ0n) is 17.4. The number of fused-ring (bicyclic) bond motifs is 2. The minimum Gasteiger partial charge on any atom is -0.508 e. The summed E-state index contributed by atoms with van der Waals surface area (Å²) in [4.78, 5) is 7.31. The van der Waals surface area contributed by atoms with Gasteiger partial charge in [0.15, 0.2) is 0 Å². The van der Waals surface area contributed by atoms with E-state index in [9.17, 15) is 5.11 Å². The van der Waals surface area contributed by atoms with Crippen molar-refractivity contribution < 1.29 is 9.84 Å². The molecule has 3 aromatic rings. The lowest BCUT2D eigenvalue weighted by molar-refractivity contribution is 0.272. The van der Waals surface area contributed by atoms with Crippen molar-refractivity contribution in [2.45, 2.75) is 32.6 Å². The molecule has 1 heterocycles. The van der Waals surface area contributed by atoms with Gasteiger partial charge < -0.3 is 20.1 Å². The molecular formula is C24H31N3O2. The summed E-state index contributed by atoms with van der Waals surface area (Å²) in [7, 11) is 1.68. The number of phenols is 1. The third-order valence-corrected chi connectivity index (χ3v) is 5.83. The van der Waals surface area contributed by atoms with Crippen LogP contribution in [-0.4, -0.2) is 48.3 Å². The quantitative estimate of drug-likeness (QED) is 0.374. The van der Waals surface area contributed by atoms with Crippen molar-refractivity contribution in [3.8, 4) is 11.5 Å². The van der Waals surface area contributed by atoms with Crippen molar-refractivity contribution in [1.82, 2.24) is 9.88 Å². The second-order valence-electron chi connectivity index (χ2n) is 8.04. The number of phenolic OH excluding ortho intramolecular Hbond substituents is 1. The van der Waals surface area contributed by atoms with Crippen LogP contribution in [0.3, 0.4) is 0 Å². The normalized spacial score (nSPS) is 14.0. The third kappa shape index (κ3) is 4.73. The van der Waals surface area contributed by atoms with Crippen LogP contribution in [0.5, 0.6) is 11.5 Å². The lowest BCUT2D eigenvalue weighted by Gasteiger charge is -2.20. The molecule has 5 nitrogen and oxygen atoms in total. The third-order valence-electron chi connectivity index (χ3n) is 5.83. The predicted molar refractivity (Wildman–Crippen MR) is 120 cm³/mol. The molecule has 1 fully saturated rings. The molecule has 0 spiro atoms. The standard InChI is InChI=1S/C24H31N3O2/c1-3-27(16-17-6-7-17)13-5-4-12-25-24-20-10-8-18(28)14-23(20)26-22-11-9-19(29-2)15-21(22)24/h8-11,14-15,17,28H,3-7,12-13,16H2,1-2H3,(H,25,26). The maximum absolute atomic E-state index is 9.88. The Hall–Kier alpha value is -2.53. The van der Waals surface area contributed by atoms with Gasteiger partial charge in [-0.2, -0.15) is 0 Å². The van der Waals surface area contributed by atoms with Crippen molar-refractivity contribution in [3.63, 3.8) is 0 Å². The molecule has 1 aromatic heterocycles. The Balaban J connectivity index is 1.49. The Morgan fingerprint density at radius 1 is 1.10 bits per heavy atom. The molecule has 0 unspecified atom stereocenters. The average molecular weight is 394 g/mol. The first-order chi connectivity index (χ1) is 14.2. The number of hydrogen-bond donors (Lipinski definition) is 2. The van der Waals surface area contributed by atoms with Crippen LogP contribution in [0.4, 0.5) is 5.69 Å². The monoisotopic (exact) mass is 393 g/mol. The molecule has 1 aliphatic carbocycles. The average Bonchev–Trinajstić information content (AvgIpc) is 3.55. The molecule has 0 atom stereocenters.